The summed E-state index contributed by atoms with van der Waals surface area (Å²) >= 11 is 8.23. The minimum atomic E-state index is 0.450. The van der Waals surface area contributed by atoms with Crippen LogP contribution in [0.5, 0.6) is 0 Å². The molecule has 0 amide bonds. The number of thiophene rings is 1. The lowest BCUT2D eigenvalue weighted by Crippen LogP contribution is -2.22. The van der Waals surface area contributed by atoms with Crippen LogP contribution in [0.15, 0.2) is 41.8 Å². The fourth-order valence-corrected chi connectivity index (χ4v) is 4.85. The molecule has 1 aromatic heterocycles. The molecule has 0 aliphatic carbocycles. The van der Waals surface area contributed by atoms with E-state index in [1.54, 1.807) is 11.3 Å². The van der Waals surface area contributed by atoms with Crippen LogP contribution in [0.3, 0.4) is 0 Å². The average molecular weight is 419 g/mol. The van der Waals surface area contributed by atoms with Crippen LogP contribution in [-0.4, -0.2) is 18.8 Å². The molecule has 2 heterocycles. The van der Waals surface area contributed by atoms with E-state index in [1.165, 1.54) is 11.1 Å². The summed E-state index contributed by atoms with van der Waals surface area (Å²) < 4.78 is 0. The van der Waals surface area contributed by atoms with Crippen LogP contribution in [0.4, 0.5) is 0 Å². The third-order valence-corrected chi connectivity index (χ3v) is 6.41. The molecule has 0 radical (unpaired) electrons. The first kappa shape index (κ1) is 22.3. The molecular formula is C22H31ClN4S. The highest BCUT2D eigenvalue weighted by Gasteiger charge is 2.17. The van der Waals surface area contributed by atoms with Crippen LogP contribution in [0.2, 0.25) is 5.02 Å². The SMILES string of the molecule is CCC(CC)/C(=C/C(C)=N)CN/C(=C(/C)N)c1sc(C2=CCNC=C2)cc1Cl. The van der Waals surface area contributed by atoms with Gasteiger partial charge in [-0.3, -0.25) is 0 Å². The molecule has 0 atom stereocenters. The summed E-state index contributed by atoms with van der Waals surface area (Å²) in [6.45, 7) is 9.56. The summed E-state index contributed by atoms with van der Waals surface area (Å²) in [6.07, 6.45) is 10.2. The predicted octanol–water partition coefficient (Wildman–Crippen LogP) is 5.54. The van der Waals surface area contributed by atoms with Crippen LogP contribution in [0.25, 0.3) is 11.3 Å². The lowest BCUT2D eigenvalue weighted by molar-refractivity contribution is 0.556. The molecule has 0 saturated heterocycles. The lowest BCUT2D eigenvalue weighted by atomic mass is 9.92. The Bertz CT molecular complexity index is 822. The van der Waals surface area contributed by atoms with Crippen LogP contribution >= 0.6 is 22.9 Å². The van der Waals surface area contributed by atoms with Crippen molar-refractivity contribution < 1.29 is 0 Å². The zero-order chi connectivity index (χ0) is 20.7. The van der Waals surface area contributed by atoms with Gasteiger partial charge in [0.15, 0.2) is 0 Å². The summed E-state index contributed by atoms with van der Waals surface area (Å²) in [5.74, 6) is 0.450. The largest absolute Gasteiger partial charge is 0.401 e. The molecule has 28 heavy (non-hydrogen) atoms. The normalized spacial score (nSPS) is 15.2. The minimum absolute atomic E-state index is 0.450. The molecule has 0 saturated carbocycles. The van der Waals surface area contributed by atoms with Gasteiger partial charge in [0.1, 0.15) is 0 Å². The van der Waals surface area contributed by atoms with Gasteiger partial charge in [-0.05, 0) is 68.2 Å². The molecule has 0 spiro atoms. The Morgan fingerprint density at radius 1 is 1.39 bits per heavy atom. The van der Waals surface area contributed by atoms with Gasteiger partial charge in [-0.25, -0.2) is 0 Å². The van der Waals surface area contributed by atoms with Crippen molar-refractivity contribution in [1.82, 2.24) is 10.6 Å². The molecule has 1 aliphatic heterocycles. The van der Waals surface area contributed by atoms with E-state index < -0.39 is 0 Å². The second kappa shape index (κ2) is 10.5. The van der Waals surface area contributed by atoms with Gasteiger partial charge < -0.3 is 21.8 Å². The highest BCUT2D eigenvalue weighted by Crippen LogP contribution is 2.37. The molecular weight excluding hydrogens is 388 g/mol. The number of nitrogens with one attached hydrogen (secondary N) is 3. The molecule has 0 fully saturated rings. The molecule has 152 valence electrons. The van der Waals surface area contributed by atoms with E-state index in [0.29, 0.717) is 28.9 Å². The quantitative estimate of drug-likeness (QED) is 0.397. The Labute approximate surface area is 177 Å². The van der Waals surface area contributed by atoms with Crippen LogP contribution < -0.4 is 16.4 Å². The number of rotatable bonds is 9. The number of hydrogen-bond acceptors (Lipinski definition) is 5. The maximum atomic E-state index is 7.88. The Balaban J connectivity index is 2.28. The Morgan fingerprint density at radius 3 is 2.64 bits per heavy atom. The van der Waals surface area contributed by atoms with Crippen LogP contribution in [0, 0.1) is 11.3 Å². The molecule has 2 rings (SSSR count). The van der Waals surface area contributed by atoms with Gasteiger partial charge in [0.05, 0.1) is 15.6 Å². The fraction of sp³-hybridized carbons (Fsp3) is 0.409. The standard InChI is InChI=1S/C22H31ClN4S/c1-5-16(6-2)18(11-14(3)24)13-27-21(15(4)25)22-19(23)12-20(28-22)17-7-9-26-10-8-17/h7-9,11-12,16,24,26-27H,5-6,10,13,25H2,1-4H3/b18-11+,21-15-,24-14?. The Hall–Kier alpha value is -1.98. The third kappa shape index (κ3) is 5.76. The van der Waals surface area contributed by atoms with Gasteiger partial charge in [-0.1, -0.05) is 31.5 Å². The molecule has 1 aliphatic rings. The smallest absolute Gasteiger partial charge is 0.0721 e. The number of dihydropyridines is 1. The number of halogens is 1. The number of allylic oxidation sites excluding steroid dienone is 4. The average Bonchev–Trinajstić information content (AvgIpc) is 3.04. The van der Waals surface area contributed by atoms with Gasteiger partial charge in [0.25, 0.3) is 0 Å². The van der Waals surface area contributed by atoms with Crippen molar-refractivity contribution in [1.29, 1.82) is 5.41 Å². The van der Waals surface area contributed by atoms with Crippen molar-refractivity contribution in [3.63, 3.8) is 0 Å². The van der Waals surface area contributed by atoms with Crippen LogP contribution in [-0.2, 0) is 0 Å². The maximum absolute atomic E-state index is 7.88. The highest BCUT2D eigenvalue weighted by molar-refractivity contribution is 7.15. The molecule has 4 nitrogen and oxygen atoms in total. The van der Waals surface area contributed by atoms with E-state index in [4.69, 9.17) is 22.7 Å². The second-order valence-corrected chi connectivity index (χ2v) is 8.48. The van der Waals surface area contributed by atoms with Crippen LogP contribution in [0.1, 0.15) is 50.3 Å². The zero-order valence-corrected chi connectivity index (χ0v) is 18.7. The van der Waals surface area contributed by atoms with E-state index in [9.17, 15) is 0 Å². The molecule has 0 aromatic carbocycles. The molecule has 6 heteroatoms. The second-order valence-electron chi connectivity index (χ2n) is 7.02. The van der Waals surface area contributed by atoms with Gasteiger partial charge in [-0.2, -0.15) is 0 Å². The highest BCUT2D eigenvalue weighted by atomic mass is 35.5. The zero-order valence-electron chi connectivity index (χ0n) is 17.2. The van der Waals surface area contributed by atoms with Crippen molar-refractivity contribution in [3.8, 4) is 0 Å². The molecule has 0 unspecified atom stereocenters. The molecule has 1 aromatic rings. The van der Waals surface area contributed by atoms with E-state index in [1.807, 2.05) is 32.2 Å². The van der Waals surface area contributed by atoms with Crippen molar-refractivity contribution in [2.75, 3.05) is 13.1 Å². The van der Waals surface area contributed by atoms with E-state index in [-0.39, 0.29) is 0 Å². The summed E-state index contributed by atoms with van der Waals surface area (Å²) in [5.41, 5.74) is 10.8. The topological polar surface area (TPSA) is 73.9 Å². The van der Waals surface area contributed by atoms with Gasteiger partial charge in [-0.15, -0.1) is 11.3 Å². The number of nitrogens with two attached hydrogens (primary N) is 1. The first-order valence-electron chi connectivity index (χ1n) is 9.73. The van der Waals surface area contributed by atoms with Crippen molar-refractivity contribution >= 4 is 39.9 Å². The van der Waals surface area contributed by atoms with Crippen molar-refractivity contribution in [3.05, 3.63) is 56.5 Å². The van der Waals surface area contributed by atoms with Gasteiger partial charge >= 0.3 is 0 Å². The minimum Gasteiger partial charge on any atom is -0.401 e. The Kier molecular flexibility index (Phi) is 8.39. The summed E-state index contributed by atoms with van der Waals surface area (Å²) in [6, 6.07) is 2.01. The Morgan fingerprint density at radius 2 is 2.11 bits per heavy atom. The fourth-order valence-electron chi connectivity index (χ4n) is 3.31. The predicted molar refractivity (Wildman–Crippen MR) is 125 cm³/mol. The number of hydrogen-bond donors (Lipinski definition) is 4. The lowest BCUT2D eigenvalue weighted by Gasteiger charge is -2.20. The summed E-state index contributed by atoms with van der Waals surface area (Å²) in [5, 5.41) is 15.3. The first-order valence-corrected chi connectivity index (χ1v) is 10.9. The van der Waals surface area contributed by atoms with Gasteiger partial charge in [0.2, 0.25) is 0 Å². The van der Waals surface area contributed by atoms with Gasteiger partial charge in [0, 0.05) is 29.4 Å². The third-order valence-electron chi connectivity index (χ3n) is 4.79. The van der Waals surface area contributed by atoms with E-state index >= 15 is 0 Å². The van der Waals surface area contributed by atoms with Crippen molar-refractivity contribution in [2.45, 2.75) is 40.5 Å². The molecule has 5 N–H and O–H groups in total. The first-order chi connectivity index (χ1) is 13.4. The van der Waals surface area contributed by atoms with E-state index in [0.717, 1.165) is 34.8 Å². The van der Waals surface area contributed by atoms with Crippen molar-refractivity contribution in [2.24, 2.45) is 11.7 Å². The molecule has 0 bridgehead atoms. The monoisotopic (exact) mass is 418 g/mol. The summed E-state index contributed by atoms with van der Waals surface area (Å²) in [7, 11) is 0. The summed E-state index contributed by atoms with van der Waals surface area (Å²) in [4.78, 5) is 2.09. The maximum Gasteiger partial charge on any atom is 0.0721 e. The van der Waals surface area contributed by atoms with E-state index in [2.05, 4.69) is 36.6 Å².